The Hall–Kier alpha value is -3.57. The number of alkyl halides is 5. The molecule has 3 aromatic rings. The van der Waals surface area contributed by atoms with Gasteiger partial charge in [0.2, 0.25) is 11.8 Å². The van der Waals surface area contributed by atoms with Gasteiger partial charge in [-0.25, -0.2) is 18.3 Å². The second-order valence-electron chi connectivity index (χ2n) is 11.2. The average Bonchev–Trinajstić information content (AvgIpc) is 3.67. The van der Waals surface area contributed by atoms with E-state index in [9.17, 15) is 31.5 Å². The van der Waals surface area contributed by atoms with Crippen LogP contribution in [0.1, 0.15) is 90.6 Å². The molecule has 7 nitrogen and oxygen atoms in total. The lowest BCUT2D eigenvalue weighted by Gasteiger charge is -2.33. The normalized spacial score (nSPS) is 19.1. The minimum atomic E-state index is -4.42. The number of carbonyl (C=O) groups excluding carboxylic acids is 2. The highest BCUT2D eigenvalue weighted by atomic mass is 19.4. The first-order valence-electron chi connectivity index (χ1n) is 13.8. The minimum Gasteiger partial charge on any atom is -0.349 e. The molecule has 2 heterocycles. The van der Waals surface area contributed by atoms with E-state index in [-0.39, 0.29) is 43.4 Å². The van der Waals surface area contributed by atoms with E-state index in [0.29, 0.717) is 22.5 Å². The fourth-order valence-electron chi connectivity index (χ4n) is 5.51. The zero-order valence-electron chi connectivity index (χ0n) is 22.6. The van der Waals surface area contributed by atoms with Gasteiger partial charge in [-0.3, -0.25) is 9.59 Å². The molecule has 41 heavy (non-hydrogen) atoms. The lowest BCUT2D eigenvalue weighted by atomic mass is 9.81. The van der Waals surface area contributed by atoms with E-state index in [4.69, 9.17) is 4.98 Å². The molecule has 2 fully saturated rings. The highest BCUT2D eigenvalue weighted by molar-refractivity contribution is 5.95. The smallest absolute Gasteiger partial charge is 0.349 e. The van der Waals surface area contributed by atoms with Crippen LogP contribution in [0.3, 0.4) is 0 Å². The molecule has 0 aliphatic heterocycles. The first kappa shape index (κ1) is 28.9. The van der Waals surface area contributed by atoms with Crippen molar-refractivity contribution in [1.29, 1.82) is 0 Å². The fourth-order valence-corrected chi connectivity index (χ4v) is 5.51. The van der Waals surface area contributed by atoms with Crippen molar-refractivity contribution in [3.63, 3.8) is 0 Å². The third-order valence-corrected chi connectivity index (χ3v) is 7.99. The maximum Gasteiger partial charge on any atom is 0.389 e. The summed E-state index contributed by atoms with van der Waals surface area (Å²) in [5.74, 6) is -3.92. The molecule has 2 saturated carbocycles. The van der Waals surface area contributed by atoms with Crippen molar-refractivity contribution in [3.8, 4) is 0 Å². The van der Waals surface area contributed by atoms with Crippen LogP contribution in [0.4, 0.5) is 22.0 Å². The van der Waals surface area contributed by atoms with Crippen LogP contribution in [0.5, 0.6) is 0 Å². The highest BCUT2D eigenvalue weighted by Gasteiger charge is 2.40. The summed E-state index contributed by atoms with van der Waals surface area (Å²) >= 11 is 0. The van der Waals surface area contributed by atoms with Gasteiger partial charge in [-0.15, -0.1) is 0 Å². The molecule has 5 rings (SSSR count). The van der Waals surface area contributed by atoms with Crippen LogP contribution in [0.25, 0.3) is 5.65 Å². The SMILES string of the molecule is Cc1ccccc1C(=O)N[C@H](c1cn2ncc([C@H](NC(=O)CCC(F)(F)F)C3CC3)cc2n1)C1CCC(F)(F)CC1. The van der Waals surface area contributed by atoms with Gasteiger partial charge in [-0.05, 0) is 67.7 Å². The Morgan fingerprint density at radius 3 is 2.39 bits per heavy atom. The van der Waals surface area contributed by atoms with Gasteiger partial charge in [-0.2, -0.15) is 18.3 Å². The summed E-state index contributed by atoms with van der Waals surface area (Å²) in [5.41, 5.74) is 2.78. The number of amides is 2. The van der Waals surface area contributed by atoms with E-state index in [0.717, 1.165) is 18.4 Å². The Kier molecular flexibility index (Phi) is 8.02. The summed E-state index contributed by atoms with van der Waals surface area (Å²) in [6, 6.07) is 7.70. The predicted molar refractivity (Wildman–Crippen MR) is 140 cm³/mol. The molecular formula is C29H32F5N5O2. The van der Waals surface area contributed by atoms with Crippen molar-refractivity contribution in [2.75, 3.05) is 0 Å². The Balaban J connectivity index is 1.40. The number of hydrogen-bond acceptors (Lipinski definition) is 4. The molecule has 2 aromatic heterocycles. The lowest BCUT2D eigenvalue weighted by Crippen LogP contribution is -2.37. The summed E-state index contributed by atoms with van der Waals surface area (Å²) in [7, 11) is 0. The van der Waals surface area contributed by atoms with Crippen LogP contribution in [-0.4, -0.2) is 38.5 Å². The molecular weight excluding hydrogens is 545 g/mol. The Labute approximate surface area is 233 Å². The van der Waals surface area contributed by atoms with E-state index in [1.54, 1.807) is 30.6 Å². The van der Waals surface area contributed by atoms with Crippen LogP contribution < -0.4 is 10.6 Å². The third kappa shape index (κ3) is 7.20. The number of nitrogens with zero attached hydrogens (tertiary/aromatic N) is 3. The first-order valence-corrected chi connectivity index (χ1v) is 13.8. The zero-order chi connectivity index (χ0) is 29.4. The Morgan fingerprint density at radius 2 is 1.73 bits per heavy atom. The number of aryl methyl sites for hydroxylation is 1. The van der Waals surface area contributed by atoms with Crippen LogP contribution in [0.15, 0.2) is 42.7 Å². The number of aromatic nitrogens is 3. The monoisotopic (exact) mass is 577 g/mol. The van der Waals surface area contributed by atoms with Crippen molar-refractivity contribution in [2.24, 2.45) is 11.8 Å². The molecule has 2 aliphatic carbocycles. The van der Waals surface area contributed by atoms with Crippen molar-refractivity contribution in [3.05, 3.63) is 65.1 Å². The topological polar surface area (TPSA) is 88.4 Å². The second-order valence-corrected chi connectivity index (χ2v) is 11.2. The van der Waals surface area contributed by atoms with Crippen LogP contribution in [0, 0.1) is 18.8 Å². The lowest BCUT2D eigenvalue weighted by molar-refractivity contribution is -0.144. The van der Waals surface area contributed by atoms with Gasteiger partial charge in [-0.1, -0.05) is 18.2 Å². The molecule has 1 aromatic carbocycles. The molecule has 0 spiro atoms. The second kappa shape index (κ2) is 11.4. The Morgan fingerprint density at radius 1 is 1.05 bits per heavy atom. The van der Waals surface area contributed by atoms with E-state index >= 15 is 0 Å². The van der Waals surface area contributed by atoms with Crippen molar-refractivity contribution >= 4 is 17.5 Å². The largest absolute Gasteiger partial charge is 0.389 e. The van der Waals surface area contributed by atoms with Crippen molar-refractivity contribution < 1.29 is 31.5 Å². The maximum absolute atomic E-state index is 14.0. The quantitative estimate of drug-likeness (QED) is 0.295. The number of rotatable bonds is 9. The summed E-state index contributed by atoms with van der Waals surface area (Å²) in [6.45, 7) is 1.82. The fraction of sp³-hybridized carbons (Fsp3) is 0.517. The summed E-state index contributed by atoms with van der Waals surface area (Å²) in [6.07, 6.45) is -1.53. The molecule has 2 amide bonds. The Bertz CT molecular complexity index is 1410. The highest BCUT2D eigenvalue weighted by Crippen LogP contribution is 2.43. The molecule has 220 valence electrons. The van der Waals surface area contributed by atoms with Crippen LogP contribution >= 0.6 is 0 Å². The number of benzene rings is 1. The van der Waals surface area contributed by atoms with Gasteiger partial charge in [0.25, 0.3) is 5.91 Å². The molecule has 2 N–H and O–H groups in total. The molecule has 12 heteroatoms. The molecule has 2 atom stereocenters. The molecule has 0 unspecified atom stereocenters. The third-order valence-electron chi connectivity index (χ3n) is 7.99. The zero-order valence-corrected chi connectivity index (χ0v) is 22.6. The summed E-state index contributed by atoms with van der Waals surface area (Å²) < 4.78 is 67.2. The minimum absolute atomic E-state index is 0.0913. The van der Waals surface area contributed by atoms with Gasteiger partial charge in [0.1, 0.15) is 0 Å². The molecule has 0 radical (unpaired) electrons. The molecule has 0 bridgehead atoms. The van der Waals surface area contributed by atoms with Crippen molar-refractivity contribution in [1.82, 2.24) is 25.2 Å². The number of fused-ring (bicyclic) bond motifs is 1. The van der Waals surface area contributed by atoms with E-state index in [1.165, 1.54) is 4.52 Å². The number of halogens is 5. The molecule has 0 saturated heterocycles. The summed E-state index contributed by atoms with van der Waals surface area (Å²) in [4.78, 5) is 30.2. The van der Waals surface area contributed by atoms with Gasteiger partial charge < -0.3 is 10.6 Å². The predicted octanol–water partition coefficient (Wildman–Crippen LogP) is 6.24. The maximum atomic E-state index is 14.0. The number of carbonyl (C=O) groups is 2. The van der Waals surface area contributed by atoms with E-state index in [1.807, 2.05) is 19.1 Å². The standard InChI is InChI=1S/C29H32F5N5O2/c1-17-4-2-3-5-21(17)27(41)38-26(19-8-11-28(30,31)12-9-19)22-16-39-23(36-22)14-20(15-35-39)25(18-6-7-18)37-24(40)10-13-29(32,33)34/h2-5,14-16,18-19,25-26H,6-13H2,1H3,(H,37,40)(H,38,41)/t25-,26+/m1/s1. The number of hydrogen-bond donors (Lipinski definition) is 2. The van der Waals surface area contributed by atoms with Crippen LogP contribution in [0.2, 0.25) is 0 Å². The van der Waals surface area contributed by atoms with Gasteiger partial charge >= 0.3 is 6.18 Å². The summed E-state index contributed by atoms with van der Waals surface area (Å²) in [5, 5.41) is 10.2. The van der Waals surface area contributed by atoms with Crippen molar-refractivity contribution in [2.45, 2.75) is 82.5 Å². The average molecular weight is 578 g/mol. The van der Waals surface area contributed by atoms with E-state index < -0.39 is 42.9 Å². The van der Waals surface area contributed by atoms with E-state index in [2.05, 4.69) is 15.7 Å². The van der Waals surface area contributed by atoms with Gasteiger partial charge in [0, 0.05) is 24.8 Å². The molecule has 2 aliphatic rings. The first-order chi connectivity index (χ1) is 19.4. The number of nitrogens with one attached hydrogen (secondary N) is 2. The van der Waals surface area contributed by atoms with Crippen LogP contribution in [-0.2, 0) is 4.79 Å². The van der Waals surface area contributed by atoms with Gasteiger partial charge in [0.15, 0.2) is 5.65 Å². The number of imidazole rings is 1. The van der Waals surface area contributed by atoms with Gasteiger partial charge in [0.05, 0.1) is 36.6 Å².